The normalized spacial score (nSPS) is 15.6. The Morgan fingerprint density at radius 2 is 1.73 bits per heavy atom. The number of amides is 1. The van der Waals surface area contributed by atoms with Crippen molar-refractivity contribution in [3.05, 3.63) is 24.4 Å². The van der Waals surface area contributed by atoms with E-state index >= 15 is 0 Å². The number of piperazine rings is 1. The molecule has 1 aliphatic heterocycles. The highest BCUT2D eigenvalue weighted by Crippen LogP contribution is 2.05. The summed E-state index contributed by atoms with van der Waals surface area (Å²) in [6, 6.07) is 0. The first-order valence-electron chi connectivity index (χ1n) is 7.90. The van der Waals surface area contributed by atoms with Crippen LogP contribution in [0.2, 0.25) is 0 Å². The van der Waals surface area contributed by atoms with Crippen LogP contribution in [0.5, 0.6) is 0 Å². The van der Waals surface area contributed by atoms with Crippen molar-refractivity contribution in [1.29, 1.82) is 0 Å². The highest BCUT2D eigenvalue weighted by atomic mass is 16.2. The van der Waals surface area contributed by atoms with Crippen LogP contribution in [0.4, 0.5) is 0 Å². The molecule has 1 rings (SSSR count). The Kier molecular flexibility index (Phi) is 10.4. The minimum atomic E-state index is 0.206. The van der Waals surface area contributed by atoms with Gasteiger partial charge in [0.25, 0.3) is 0 Å². The highest BCUT2D eigenvalue weighted by molar-refractivity contribution is 5.79. The lowest BCUT2D eigenvalue weighted by molar-refractivity contribution is -0.133. The van der Waals surface area contributed by atoms with Crippen LogP contribution in [0.1, 0.15) is 20.8 Å². The van der Waals surface area contributed by atoms with E-state index < -0.39 is 0 Å². The molecule has 0 aliphatic carbocycles. The third kappa shape index (κ3) is 8.74. The molecule has 0 aromatic heterocycles. The molecule has 0 aromatic carbocycles. The van der Waals surface area contributed by atoms with Gasteiger partial charge in [0.1, 0.15) is 0 Å². The zero-order valence-electron chi connectivity index (χ0n) is 14.9. The molecule has 0 saturated carbocycles. The lowest BCUT2D eigenvalue weighted by atomic mass is 10.2. The Balaban J connectivity index is 0.00000211. The maximum atomic E-state index is 11.9. The van der Waals surface area contributed by atoms with Crippen molar-refractivity contribution < 1.29 is 4.79 Å². The Labute approximate surface area is 136 Å². The maximum absolute atomic E-state index is 11.9. The van der Waals surface area contributed by atoms with E-state index in [0.717, 1.165) is 44.0 Å². The number of hydrogen-bond acceptors (Lipinski definition) is 4. The van der Waals surface area contributed by atoms with Gasteiger partial charge in [-0.15, -0.1) is 0 Å². The number of likely N-dealkylation sites (N-methyl/N-ethyl adjacent to an activating group) is 1. The van der Waals surface area contributed by atoms with Crippen molar-refractivity contribution in [3.8, 4) is 0 Å². The third-order valence-corrected chi connectivity index (χ3v) is 3.07. The van der Waals surface area contributed by atoms with Gasteiger partial charge in [0.05, 0.1) is 6.54 Å². The van der Waals surface area contributed by atoms with Crippen LogP contribution in [0.25, 0.3) is 0 Å². The van der Waals surface area contributed by atoms with Crippen molar-refractivity contribution in [2.24, 2.45) is 4.99 Å². The monoisotopic (exact) mass is 308 g/mol. The fraction of sp³-hybridized carbons (Fsp3) is 0.647. The fourth-order valence-electron chi connectivity index (χ4n) is 2.06. The summed E-state index contributed by atoms with van der Waals surface area (Å²) in [5.74, 6) is 0.206. The standard InChI is InChI=1S/C15H26N4O.C2H6/c1-13(2)16-10-14(3)11-18-6-8-19(9-7-18)15(20)12-17(4)5;1-2/h10H,1,3,6-9,11-12H2,2,4-5H3;1-2H3. The molecule has 22 heavy (non-hydrogen) atoms. The number of hydrogen-bond donors (Lipinski definition) is 0. The molecule has 1 saturated heterocycles. The van der Waals surface area contributed by atoms with E-state index in [1.54, 1.807) is 6.21 Å². The fourth-order valence-corrected chi connectivity index (χ4v) is 2.06. The van der Waals surface area contributed by atoms with Gasteiger partial charge in [-0.3, -0.25) is 14.7 Å². The first-order chi connectivity index (χ1) is 10.4. The summed E-state index contributed by atoms with van der Waals surface area (Å²) in [5.41, 5.74) is 1.76. The summed E-state index contributed by atoms with van der Waals surface area (Å²) in [7, 11) is 3.83. The zero-order chi connectivity index (χ0) is 17.1. The molecule has 5 nitrogen and oxygen atoms in total. The average Bonchev–Trinajstić information content (AvgIpc) is 2.47. The number of nitrogens with zero attached hydrogens (tertiary/aromatic N) is 4. The van der Waals surface area contributed by atoms with Crippen molar-refractivity contribution in [2.75, 3.05) is 53.4 Å². The second kappa shape index (κ2) is 11.2. The van der Waals surface area contributed by atoms with Gasteiger partial charge >= 0.3 is 0 Å². The summed E-state index contributed by atoms with van der Waals surface area (Å²) >= 11 is 0. The van der Waals surface area contributed by atoms with Crippen LogP contribution in [0, 0.1) is 0 Å². The van der Waals surface area contributed by atoms with Crippen LogP contribution >= 0.6 is 0 Å². The topological polar surface area (TPSA) is 39.1 Å². The molecule has 0 bridgehead atoms. The van der Waals surface area contributed by atoms with Gasteiger partial charge in [-0.1, -0.05) is 27.0 Å². The summed E-state index contributed by atoms with van der Waals surface area (Å²) in [6.45, 7) is 18.2. The largest absolute Gasteiger partial charge is 0.339 e. The molecule has 1 fully saturated rings. The van der Waals surface area contributed by atoms with Gasteiger partial charge in [-0.05, 0) is 26.6 Å². The molecule has 1 aliphatic rings. The predicted molar refractivity (Wildman–Crippen MR) is 95.4 cm³/mol. The summed E-state index contributed by atoms with van der Waals surface area (Å²) in [5, 5.41) is 0. The van der Waals surface area contributed by atoms with Crippen molar-refractivity contribution >= 4 is 12.1 Å². The van der Waals surface area contributed by atoms with Gasteiger partial charge in [0, 0.05) is 44.6 Å². The Hall–Kier alpha value is -1.46. The molecule has 0 N–H and O–H groups in total. The molecule has 126 valence electrons. The minimum Gasteiger partial charge on any atom is -0.339 e. The van der Waals surface area contributed by atoms with Crippen LogP contribution in [0.15, 0.2) is 29.4 Å². The quantitative estimate of drug-likeness (QED) is 0.703. The molecule has 0 atom stereocenters. The number of carbonyl (C=O) groups excluding carboxylic acids is 1. The molecule has 0 radical (unpaired) electrons. The Morgan fingerprint density at radius 1 is 1.18 bits per heavy atom. The smallest absolute Gasteiger partial charge is 0.236 e. The molecular formula is C17H32N4O. The SMILES string of the molecule is C=C(C=NC(=C)C)CN1CCN(C(=O)CN(C)C)CC1.CC. The molecule has 1 heterocycles. The molecule has 0 unspecified atom stereocenters. The van der Waals surface area contributed by atoms with Gasteiger partial charge in [-0.2, -0.15) is 0 Å². The molecule has 0 aromatic rings. The van der Waals surface area contributed by atoms with E-state index in [-0.39, 0.29) is 5.91 Å². The number of rotatable bonds is 6. The second-order valence-electron chi connectivity index (χ2n) is 5.55. The van der Waals surface area contributed by atoms with Crippen LogP contribution in [-0.4, -0.2) is 80.2 Å². The zero-order valence-corrected chi connectivity index (χ0v) is 14.9. The van der Waals surface area contributed by atoms with E-state index in [9.17, 15) is 4.79 Å². The number of aliphatic imine (C=N–C) groups is 1. The first-order valence-corrected chi connectivity index (χ1v) is 7.90. The predicted octanol–water partition coefficient (Wildman–Crippen LogP) is 1.88. The molecule has 1 amide bonds. The second-order valence-corrected chi connectivity index (χ2v) is 5.55. The Bertz CT molecular complexity index is 393. The van der Waals surface area contributed by atoms with Gasteiger partial charge in [0.2, 0.25) is 5.91 Å². The molecule has 0 spiro atoms. The molecular weight excluding hydrogens is 276 g/mol. The first kappa shape index (κ1) is 20.5. The van der Waals surface area contributed by atoms with Crippen LogP contribution < -0.4 is 0 Å². The van der Waals surface area contributed by atoms with Crippen molar-refractivity contribution in [1.82, 2.24) is 14.7 Å². The Morgan fingerprint density at radius 3 is 2.18 bits per heavy atom. The van der Waals surface area contributed by atoms with E-state index in [4.69, 9.17) is 0 Å². The highest BCUT2D eigenvalue weighted by Gasteiger charge is 2.21. The van der Waals surface area contributed by atoms with Crippen molar-refractivity contribution in [2.45, 2.75) is 20.8 Å². The van der Waals surface area contributed by atoms with E-state index in [0.29, 0.717) is 6.54 Å². The van der Waals surface area contributed by atoms with Gasteiger partial charge in [0.15, 0.2) is 0 Å². The lowest BCUT2D eigenvalue weighted by Gasteiger charge is -2.35. The number of allylic oxidation sites excluding steroid dienone is 1. The van der Waals surface area contributed by atoms with Crippen LogP contribution in [0.3, 0.4) is 0 Å². The van der Waals surface area contributed by atoms with Gasteiger partial charge in [-0.25, -0.2) is 0 Å². The summed E-state index contributed by atoms with van der Waals surface area (Å²) in [6.07, 6.45) is 1.77. The minimum absolute atomic E-state index is 0.206. The summed E-state index contributed by atoms with van der Waals surface area (Å²) in [4.78, 5) is 22.2. The molecule has 5 heteroatoms. The number of carbonyl (C=O) groups is 1. The summed E-state index contributed by atoms with van der Waals surface area (Å²) < 4.78 is 0. The van der Waals surface area contributed by atoms with Gasteiger partial charge < -0.3 is 9.80 Å². The van der Waals surface area contributed by atoms with Crippen LogP contribution in [-0.2, 0) is 4.79 Å². The third-order valence-electron chi connectivity index (χ3n) is 3.07. The van der Waals surface area contributed by atoms with Crippen molar-refractivity contribution in [3.63, 3.8) is 0 Å². The van der Waals surface area contributed by atoms with E-state index in [1.165, 1.54) is 0 Å². The lowest BCUT2D eigenvalue weighted by Crippen LogP contribution is -2.50. The van der Waals surface area contributed by atoms with E-state index in [1.807, 2.05) is 44.7 Å². The van der Waals surface area contributed by atoms with E-state index in [2.05, 4.69) is 23.1 Å². The average molecular weight is 308 g/mol. The maximum Gasteiger partial charge on any atom is 0.236 e.